The normalized spacial score (nSPS) is 23.7. The summed E-state index contributed by atoms with van der Waals surface area (Å²) in [6.45, 7) is 2.68. The molecule has 0 heterocycles. The second kappa shape index (κ2) is 6.79. The van der Waals surface area contributed by atoms with Crippen LogP contribution in [-0.2, 0) is 17.3 Å². The molecule has 0 bridgehead atoms. The van der Waals surface area contributed by atoms with Crippen LogP contribution in [0.15, 0.2) is 24.3 Å². The van der Waals surface area contributed by atoms with Gasteiger partial charge < -0.3 is 9.84 Å². The van der Waals surface area contributed by atoms with Crippen molar-refractivity contribution in [3.8, 4) is 0 Å². The largest absolute Gasteiger partial charge is 0.416 e. The van der Waals surface area contributed by atoms with Gasteiger partial charge >= 0.3 is 6.18 Å². The summed E-state index contributed by atoms with van der Waals surface area (Å²) in [5.74, 6) is 0.464. The first kappa shape index (κ1) is 16.3. The average Bonchev–Trinajstić information content (AvgIpc) is 2.36. The fraction of sp³-hybridized carbons (Fsp3) is 0.625. The molecule has 1 saturated carbocycles. The van der Waals surface area contributed by atoms with E-state index in [9.17, 15) is 18.3 Å². The summed E-state index contributed by atoms with van der Waals surface area (Å²) < 4.78 is 42.8. The molecule has 0 aromatic heterocycles. The smallest absolute Gasteiger partial charge is 0.393 e. The summed E-state index contributed by atoms with van der Waals surface area (Å²) in [7, 11) is 0. The van der Waals surface area contributed by atoms with Crippen LogP contribution in [0.5, 0.6) is 0 Å². The van der Waals surface area contributed by atoms with E-state index in [1.807, 2.05) is 6.92 Å². The average molecular weight is 302 g/mol. The van der Waals surface area contributed by atoms with Crippen LogP contribution in [0.2, 0.25) is 0 Å². The molecule has 0 saturated heterocycles. The van der Waals surface area contributed by atoms with E-state index in [1.54, 1.807) is 0 Å². The Hall–Kier alpha value is -1.07. The van der Waals surface area contributed by atoms with Gasteiger partial charge in [0.15, 0.2) is 0 Å². The van der Waals surface area contributed by atoms with Crippen LogP contribution in [0.1, 0.15) is 37.3 Å². The van der Waals surface area contributed by atoms with E-state index < -0.39 is 17.8 Å². The quantitative estimate of drug-likeness (QED) is 0.866. The third kappa shape index (κ3) is 4.71. The molecule has 1 aromatic carbocycles. The highest BCUT2D eigenvalue weighted by Gasteiger charge is 2.31. The lowest BCUT2D eigenvalue weighted by Gasteiger charge is -2.36. The fourth-order valence-corrected chi connectivity index (χ4v) is 2.81. The molecule has 2 nitrogen and oxygen atoms in total. The zero-order valence-electron chi connectivity index (χ0n) is 12.1. The first-order chi connectivity index (χ1) is 9.88. The molecule has 1 aromatic rings. The predicted octanol–water partition coefficient (Wildman–Crippen LogP) is 3.81. The third-order valence-electron chi connectivity index (χ3n) is 3.95. The number of rotatable bonds is 6. The minimum Gasteiger partial charge on any atom is -0.393 e. The molecule has 1 unspecified atom stereocenters. The monoisotopic (exact) mass is 302 g/mol. The summed E-state index contributed by atoms with van der Waals surface area (Å²) >= 11 is 0. The van der Waals surface area contributed by atoms with Gasteiger partial charge in [0.25, 0.3) is 0 Å². The van der Waals surface area contributed by atoms with Gasteiger partial charge in [0.1, 0.15) is 0 Å². The number of ether oxygens (including phenoxy) is 1. The van der Waals surface area contributed by atoms with E-state index in [1.165, 1.54) is 12.1 Å². The molecule has 1 atom stereocenters. The molecule has 118 valence electrons. The molecule has 1 aliphatic carbocycles. The van der Waals surface area contributed by atoms with Crippen LogP contribution in [0.25, 0.3) is 0 Å². The molecule has 5 heteroatoms. The maximum absolute atomic E-state index is 12.4. The van der Waals surface area contributed by atoms with Crippen molar-refractivity contribution in [2.45, 2.75) is 51.0 Å². The molecular formula is C16H21F3O2. The van der Waals surface area contributed by atoms with Crippen LogP contribution < -0.4 is 0 Å². The number of halogens is 3. The highest BCUT2D eigenvalue weighted by atomic mass is 19.4. The first-order valence-corrected chi connectivity index (χ1v) is 7.34. The number of hydrogen-bond donors (Lipinski definition) is 1. The Morgan fingerprint density at radius 1 is 1.24 bits per heavy atom. The second-order valence-electron chi connectivity index (χ2n) is 5.70. The predicted molar refractivity (Wildman–Crippen MR) is 73.9 cm³/mol. The fourth-order valence-electron chi connectivity index (χ4n) is 2.81. The summed E-state index contributed by atoms with van der Waals surface area (Å²) in [4.78, 5) is 0. The maximum Gasteiger partial charge on any atom is 0.416 e. The number of aliphatic hydroxyl groups is 1. The lowest BCUT2D eigenvalue weighted by atomic mass is 9.78. The molecule has 2 rings (SSSR count). The molecule has 0 amide bonds. The first-order valence-electron chi connectivity index (χ1n) is 7.34. The van der Waals surface area contributed by atoms with Gasteiger partial charge in [-0.05, 0) is 56.2 Å². The van der Waals surface area contributed by atoms with Crippen LogP contribution in [0.4, 0.5) is 13.2 Å². The summed E-state index contributed by atoms with van der Waals surface area (Å²) in [5.41, 5.74) is 0.0791. The van der Waals surface area contributed by atoms with Crippen molar-refractivity contribution in [1.82, 2.24) is 0 Å². The SMILES string of the molecule is CCOC1CC(CC(O)Cc2ccc(C(F)(F)F)cc2)C1. The van der Waals surface area contributed by atoms with Gasteiger partial charge in [0, 0.05) is 6.61 Å². The molecule has 0 radical (unpaired) electrons. The molecule has 1 N–H and O–H groups in total. The Kier molecular flexibility index (Phi) is 5.27. The number of aliphatic hydroxyl groups excluding tert-OH is 1. The molecular weight excluding hydrogens is 281 g/mol. The van der Waals surface area contributed by atoms with Gasteiger partial charge in [0.05, 0.1) is 17.8 Å². The van der Waals surface area contributed by atoms with E-state index in [0.717, 1.165) is 30.5 Å². The van der Waals surface area contributed by atoms with Crippen LogP contribution in [0, 0.1) is 5.92 Å². The van der Waals surface area contributed by atoms with Gasteiger partial charge in [-0.15, -0.1) is 0 Å². The van der Waals surface area contributed by atoms with Crippen molar-refractivity contribution in [3.05, 3.63) is 35.4 Å². The van der Waals surface area contributed by atoms with E-state index in [-0.39, 0.29) is 0 Å². The van der Waals surface area contributed by atoms with E-state index >= 15 is 0 Å². The van der Waals surface area contributed by atoms with Gasteiger partial charge in [-0.25, -0.2) is 0 Å². The van der Waals surface area contributed by atoms with Crippen molar-refractivity contribution in [3.63, 3.8) is 0 Å². The lowest BCUT2D eigenvalue weighted by Crippen LogP contribution is -2.34. The lowest BCUT2D eigenvalue weighted by molar-refractivity contribution is -0.137. The van der Waals surface area contributed by atoms with Crippen molar-refractivity contribution in [2.24, 2.45) is 5.92 Å². The summed E-state index contributed by atoms with van der Waals surface area (Å²) in [6.07, 6.45) is -1.47. The van der Waals surface area contributed by atoms with Gasteiger partial charge in [0.2, 0.25) is 0 Å². The number of benzene rings is 1. The minimum absolute atomic E-state index is 0.318. The van der Waals surface area contributed by atoms with Crippen LogP contribution in [0.3, 0.4) is 0 Å². The number of alkyl halides is 3. The molecule has 1 fully saturated rings. The van der Waals surface area contributed by atoms with Crippen LogP contribution in [-0.4, -0.2) is 23.9 Å². The molecule has 1 aliphatic rings. The Balaban J connectivity index is 1.77. The summed E-state index contributed by atoms with van der Waals surface area (Å²) in [6, 6.07) is 5.01. The third-order valence-corrected chi connectivity index (χ3v) is 3.95. The van der Waals surface area contributed by atoms with E-state index in [4.69, 9.17) is 4.74 Å². The zero-order chi connectivity index (χ0) is 15.5. The Morgan fingerprint density at radius 3 is 2.38 bits per heavy atom. The van der Waals surface area contributed by atoms with Crippen molar-refractivity contribution < 1.29 is 23.0 Å². The molecule has 0 spiro atoms. The van der Waals surface area contributed by atoms with Gasteiger partial charge in [-0.1, -0.05) is 12.1 Å². The van der Waals surface area contributed by atoms with Gasteiger partial charge in [-0.3, -0.25) is 0 Å². The minimum atomic E-state index is -4.31. The Bertz CT molecular complexity index is 436. The highest BCUT2D eigenvalue weighted by molar-refractivity contribution is 5.25. The zero-order valence-corrected chi connectivity index (χ0v) is 12.1. The van der Waals surface area contributed by atoms with Crippen molar-refractivity contribution >= 4 is 0 Å². The molecule has 0 aliphatic heterocycles. The van der Waals surface area contributed by atoms with E-state index in [2.05, 4.69) is 0 Å². The topological polar surface area (TPSA) is 29.5 Å². The van der Waals surface area contributed by atoms with E-state index in [0.29, 0.717) is 31.5 Å². The maximum atomic E-state index is 12.4. The number of hydrogen-bond acceptors (Lipinski definition) is 2. The van der Waals surface area contributed by atoms with Gasteiger partial charge in [-0.2, -0.15) is 13.2 Å². The van der Waals surface area contributed by atoms with Crippen molar-refractivity contribution in [2.75, 3.05) is 6.61 Å². The second-order valence-corrected chi connectivity index (χ2v) is 5.70. The summed E-state index contributed by atoms with van der Waals surface area (Å²) in [5, 5.41) is 10.0. The Morgan fingerprint density at radius 2 is 1.86 bits per heavy atom. The van der Waals surface area contributed by atoms with Crippen LogP contribution >= 0.6 is 0 Å². The standard InChI is InChI=1S/C16H21F3O2/c1-2-21-15-9-12(10-15)8-14(20)7-11-3-5-13(6-4-11)16(17,18)19/h3-6,12,14-15,20H,2,7-10H2,1H3. The Labute approximate surface area is 122 Å². The molecule has 21 heavy (non-hydrogen) atoms. The highest BCUT2D eigenvalue weighted by Crippen LogP contribution is 2.34. The van der Waals surface area contributed by atoms with Crippen molar-refractivity contribution in [1.29, 1.82) is 0 Å².